The summed E-state index contributed by atoms with van der Waals surface area (Å²) in [6, 6.07) is 1.11. The number of nitrogens with two attached hydrogens (primary N) is 2. The number of aromatic amines is 1. The monoisotopic (exact) mass is 335 g/mol. The summed E-state index contributed by atoms with van der Waals surface area (Å²) < 4.78 is 0. The van der Waals surface area contributed by atoms with E-state index >= 15 is 0 Å². The Balaban J connectivity index is 2.40. The molecule has 2 amide bonds. The van der Waals surface area contributed by atoms with Crippen LogP contribution >= 0.6 is 0 Å². The lowest BCUT2D eigenvalue weighted by molar-refractivity contribution is -0.118. The largest absolute Gasteiger partial charge is 0.370 e. The summed E-state index contributed by atoms with van der Waals surface area (Å²) in [5, 5.41) is 0. The van der Waals surface area contributed by atoms with Gasteiger partial charge in [-0.3, -0.25) is 9.59 Å². The van der Waals surface area contributed by atoms with Crippen LogP contribution in [-0.2, 0) is 10.2 Å². The number of primary amides is 1. The van der Waals surface area contributed by atoms with E-state index in [4.69, 9.17) is 11.5 Å². The number of nitrogens with one attached hydrogen (secondary N) is 1. The number of H-pyrrole nitrogens is 1. The Hall–Kier alpha value is -2.22. The summed E-state index contributed by atoms with van der Waals surface area (Å²) in [4.78, 5) is 44.1. The van der Waals surface area contributed by atoms with E-state index in [-0.39, 0.29) is 42.1 Å². The fourth-order valence-electron chi connectivity index (χ4n) is 3.06. The number of hydrogen-bond donors (Lipinski definition) is 3. The third-order valence-corrected chi connectivity index (χ3v) is 4.34. The van der Waals surface area contributed by atoms with Gasteiger partial charge in [0.2, 0.25) is 5.91 Å². The number of nitrogens with zero attached hydrogens (tertiary/aromatic N) is 2. The fraction of sp³-hybridized carbons (Fsp3) is 0.625. The van der Waals surface area contributed by atoms with Crippen molar-refractivity contribution in [3.63, 3.8) is 0 Å². The Morgan fingerprint density at radius 2 is 1.96 bits per heavy atom. The number of carbonyl (C=O) groups is 2. The van der Waals surface area contributed by atoms with Crippen molar-refractivity contribution in [3.05, 3.63) is 27.9 Å². The van der Waals surface area contributed by atoms with Crippen LogP contribution in [0.15, 0.2) is 10.9 Å². The molecule has 0 radical (unpaired) electrons. The normalized spacial score (nSPS) is 21.1. The maximum absolute atomic E-state index is 12.9. The summed E-state index contributed by atoms with van der Waals surface area (Å²) in [6.07, 6.45) is 1.44. The third kappa shape index (κ3) is 3.81. The predicted octanol–water partition coefficient (Wildman–Crippen LogP) is -0.125. The molecule has 0 spiro atoms. The molecule has 24 heavy (non-hydrogen) atoms. The van der Waals surface area contributed by atoms with Gasteiger partial charge in [-0.15, -0.1) is 0 Å². The summed E-state index contributed by atoms with van der Waals surface area (Å²) in [7, 11) is 0. The van der Waals surface area contributed by atoms with E-state index in [9.17, 15) is 14.4 Å². The zero-order valence-corrected chi connectivity index (χ0v) is 14.3. The molecule has 2 atom stereocenters. The van der Waals surface area contributed by atoms with Gasteiger partial charge in [0.1, 0.15) is 5.69 Å². The topological polar surface area (TPSA) is 135 Å². The standard InChI is InChI=1S/C16H25N5O3/c1-16(2,3)12-7-11(19-15(24)20-12)14(23)21-9(6-13(18)22)4-5-10(21)8-17/h7,9-10H,4-6,8,17H2,1-3H3,(H2,18,22)(H,19,20,24)/t9-,10+/m1/s1. The van der Waals surface area contributed by atoms with Gasteiger partial charge in [0.25, 0.3) is 5.91 Å². The lowest BCUT2D eigenvalue weighted by atomic mass is 9.91. The average Bonchev–Trinajstić information content (AvgIpc) is 2.86. The maximum atomic E-state index is 12.9. The van der Waals surface area contributed by atoms with Gasteiger partial charge >= 0.3 is 5.69 Å². The quantitative estimate of drug-likeness (QED) is 0.704. The molecule has 132 valence electrons. The predicted molar refractivity (Wildman–Crippen MR) is 89.4 cm³/mol. The third-order valence-electron chi connectivity index (χ3n) is 4.34. The highest BCUT2D eigenvalue weighted by Gasteiger charge is 2.38. The van der Waals surface area contributed by atoms with Crippen LogP contribution in [0.1, 0.15) is 56.2 Å². The summed E-state index contributed by atoms with van der Waals surface area (Å²) in [5.41, 5.74) is 10.8. The molecule has 5 N–H and O–H groups in total. The molecule has 8 heteroatoms. The second-order valence-electron chi connectivity index (χ2n) is 7.24. The smallest absolute Gasteiger partial charge is 0.345 e. The lowest BCUT2D eigenvalue weighted by Gasteiger charge is -2.29. The van der Waals surface area contributed by atoms with Gasteiger partial charge in [-0.05, 0) is 18.9 Å². The molecule has 0 bridgehead atoms. The van der Waals surface area contributed by atoms with Crippen LogP contribution in [0.5, 0.6) is 0 Å². The zero-order chi connectivity index (χ0) is 18.1. The van der Waals surface area contributed by atoms with Gasteiger partial charge in [0.15, 0.2) is 0 Å². The number of amides is 2. The number of likely N-dealkylation sites (tertiary alicyclic amines) is 1. The van der Waals surface area contributed by atoms with E-state index in [0.717, 1.165) is 0 Å². The van der Waals surface area contributed by atoms with Crippen molar-refractivity contribution in [2.75, 3.05) is 6.54 Å². The van der Waals surface area contributed by atoms with Crippen molar-refractivity contribution in [1.82, 2.24) is 14.9 Å². The van der Waals surface area contributed by atoms with Gasteiger partial charge in [0.05, 0.1) is 0 Å². The average molecular weight is 335 g/mol. The summed E-state index contributed by atoms with van der Waals surface area (Å²) in [6.45, 7) is 6.08. The number of aromatic nitrogens is 2. The van der Waals surface area contributed by atoms with Gasteiger partial charge in [-0.25, -0.2) is 4.79 Å². The Bertz CT molecular complexity index is 692. The molecule has 2 heterocycles. The molecule has 1 aliphatic heterocycles. The molecule has 1 fully saturated rings. The zero-order valence-electron chi connectivity index (χ0n) is 14.3. The Kier molecular flexibility index (Phi) is 5.08. The minimum Gasteiger partial charge on any atom is -0.370 e. The van der Waals surface area contributed by atoms with Gasteiger partial charge in [-0.1, -0.05) is 20.8 Å². The minimum atomic E-state index is -0.569. The van der Waals surface area contributed by atoms with Crippen molar-refractivity contribution >= 4 is 11.8 Å². The van der Waals surface area contributed by atoms with Crippen molar-refractivity contribution in [2.45, 2.75) is 57.5 Å². The van der Waals surface area contributed by atoms with Crippen LogP contribution in [0.25, 0.3) is 0 Å². The minimum absolute atomic E-state index is 0.0681. The highest BCUT2D eigenvalue weighted by Crippen LogP contribution is 2.28. The molecule has 0 aromatic carbocycles. The first-order valence-corrected chi connectivity index (χ1v) is 8.06. The number of rotatable bonds is 4. The van der Waals surface area contributed by atoms with Gasteiger partial charge in [-0.2, -0.15) is 4.98 Å². The number of carbonyl (C=O) groups excluding carboxylic acids is 2. The van der Waals surface area contributed by atoms with E-state index < -0.39 is 11.6 Å². The van der Waals surface area contributed by atoms with Crippen LogP contribution in [-0.4, -0.2) is 45.3 Å². The molecule has 1 saturated heterocycles. The summed E-state index contributed by atoms with van der Waals surface area (Å²) >= 11 is 0. The van der Waals surface area contributed by atoms with Gasteiger partial charge < -0.3 is 21.4 Å². The Morgan fingerprint density at radius 3 is 2.50 bits per heavy atom. The Labute approximate surface area is 140 Å². The highest BCUT2D eigenvalue weighted by molar-refractivity contribution is 5.93. The second kappa shape index (κ2) is 6.72. The first kappa shape index (κ1) is 18.1. The maximum Gasteiger partial charge on any atom is 0.345 e. The number of hydrogen-bond acceptors (Lipinski definition) is 5. The fourth-order valence-corrected chi connectivity index (χ4v) is 3.06. The van der Waals surface area contributed by atoms with Crippen LogP contribution in [0.2, 0.25) is 0 Å². The van der Waals surface area contributed by atoms with Crippen LogP contribution in [0, 0.1) is 0 Å². The van der Waals surface area contributed by atoms with Crippen molar-refractivity contribution < 1.29 is 9.59 Å². The van der Waals surface area contributed by atoms with E-state index in [2.05, 4.69) is 9.97 Å². The highest BCUT2D eigenvalue weighted by atomic mass is 16.2. The van der Waals surface area contributed by atoms with E-state index in [1.165, 1.54) is 0 Å². The molecule has 1 aromatic rings. The molecule has 2 rings (SSSR count). The van der Waals surface area contributed by atoms with Crippen LogP contribution in [0.4, 0.5) is 0 Å². The Morgan fingerprint density at radius 1 is 1.33 bits per heavy atom. The van der Waals surface area contributed by atoms with Crippen LogP contribution in [0.3, 0.4) is 0 Å². The van der Waals surface area contributed by atoms with E-state index in [1.54, 1.807) is 11.0 Å². The van der Waals surface area contributed by atoms with Crippen LogP contribution < -0.4 is 17.2 Å². The lowest BCUT2D eigenvalue weighted by Crippen LogP contribution is -2.46. The molecular weight excluding hydrogens is 310 g/mol. The molecule has 0 saturated carbocycles. The van der Waals surface area contributed by atoms with E-state index in [0.29, 0.717) is 18.5 Å². The molecular formula is C16H25N5O3. The van der Waals surface area contributed by atoms with E-state index in [1.807, 2.05) is 20.8 Å². The first-order chi connectivity index (χ1) is 11.1. The molecule has 0 aliphatic carbocycles. The molecule has 1 aromatic heterocycles. The summed E-state index contributed by atoms with van der Waals surface area (Å²) in [5.74, 6) is -0.851. The van der Waals surface area contributed by atoms with Crippen molar-refractivity contribution in [3.8, 4) is 0 Å². The second-order valence-corrected chi connectivity index (χ2v) is 7.24. The van der Waals surface area contributed by atoms with Gasteiger partial charge in [0, 0.05) is 36.2 Å². The molecule has 8 nitrogen and oxygen atoms in total. The van der Waals surface area contributed by atoms with Crippen molar-refractivity contribution in [2.24, 2.45) is 11.5 Å². The van der Waals surface area contributed by atoms with Crippen molar-refractivity contribution in [1.29, 1.82) is 0 Å². The first-order valence-electron chi connectivity index (χ1n) is 8.06. The molecule has 0 unspecified atom stereocenters. The SMILES string of the molecule is CC(C)(C)c1cc(C(=O)N2[C@H](CN)CC[C@@H]2CC(N)=O)nc(=O)[nH]1. The molecule has 1 aliphatic rings.